The lowest BCUT2D eigenvalue weighted by molar-refractivity contribution is 0.0473. The Morgan fingerprint density at radius 2 is 1.73 bits per heavy atom. The minimum absolute atomic E-state index is 0.700. The minimum Gasteiger partial charge on any atom is -0.0625 e. The van der Waals surface area contributed by atoms with Crippen LogP contribution < -0.4 is 0 Å². The fourth-order valence-corrected chi connectivity index (χ4v) is 4.26. The lowest BCUT2D eigenvalue weighted by atomic mass is 9.59. The van der Waals surface area contributed by atoms with Crippen molar-refractivity contribution in [1.29, 1.82) is 0 Å². The molecule has 0 nitrogen and oxygen atoms in total. The van der Waals surface area contributed by atoms with Crippen LogP contribution in [0.4, 0.5) is 0 Å². The molecular formula is C15H28. The molecule has 4 atom stereocenters. The smallest absolute Gasteiger partial charge is 0.0318 e. The van der Waals surface area contributed by atoms with Crippen molar-refractivity contribution < 1.29 is 0 Å². The average Bonchev–Trinajstić information content (AvgIpc) is 2.78. The molecule has 2 rings (SSSR count). The van der Waals surface area contributed by atoms with E-state index in [1.165, 1.54) is 25.7 Å². The van der Waals surface area contributed by atoms with E-state index in [4.69, 9.17) is 0 Å². The van der Waals surface area contributed by atoms with E-state index in [2.05, 4.69) is 34.6 Å². The Kier molecular flexibility index (Phi) is 2.90. The van der Waals surface area contributed by atoms with Gasteiger partial charge >= 0.3 is 0 Å². The third kappa shape index (κ3) is 2.40. The molecule has 0 aromatic heterocycles. The third-order valence-corrected chi connectivity index (χ3v) is 5.24. The molecular weight excluding hydrogens is 180 g/mol. The maximum Gasteiger partial charge on any atom is -0.0318 e. The van der Waals surface area contributed by atoms with E-state index in [0.29, 0.717) is 5.41 Å². The van der Waals surface area contributed by atoms with E-state index in [0.717, 1.165) is 29.6 Å². The molecule has 0 aromatic carbocycles. The van der Waals surface area contributed by atoms with Crippen molar-refractivity contribution in [3.05, 3.63) is 0 Å². The molecule has 2 aliphatic rings. The van der Waals surface area contributed by atoms with Crippen molar-refractivity contribution in [3.63, 3.8) is 0 Å². The van der Waals surface area contributed by atoms with E-state index < -0.39 is 0 Å². The lowest BCUT2D eigenvalue weighted by Crippen LogP contribution is -2.35. The van der Waals surface area contributed by atoms with Gasteiger partial charge in [0.1, 0.15) is 0 Å². The number of rotatable bonds is 4. The van der Waals surface area contributed by atoms with Crippen LogP contribution in [0.1, 0.15) is 60.3 Å². The first-order chi connectivity index (χ1) is 6.91. The largest absolute Gasteiger partial charge is 0.0625 e. The molecule has 0 amide bonds. The van der Waals surface area contributed by atoms with Crippen LogP contribution in [0.2, 0.25) is 0 Å². The summed E-state index contributed by atoms with van der Waals surface area (Å²) in [5, 5.41) is 0. The third-order valence-electron chi connectivity index (χ3n) is 5.24. The summed E-state index contributed by atoms with van der Waals surface area (Å²) in [5.74, 6) is 4.99. The van der Waals surface area contributed by atoms with Crippen LogP contribution in [0, 0.1) is 35.0 Å². The molecule has 4 unspecified atom stereocenters. The SMILES string of the molecule is CC1CC(C)(CC(C)C(C)C2CC2C)C1. The minimum atomic E-state index is 0.700. The van der Waals surface area contributed by atoms with Crippen molar-refractivity contribution >= 4 is 0 Å². The normalized spacial score (nSPS) is 48.2. The molecule has 88 valence electrons. The second-order valence-electron chi connectivity index (χ2n) is 7.24. The van der Waals surface area contributed by atoms with Gasteiger partial charge < -0.3 is 0 Å². The zero-order valence-electron chi connectivity index (χ0n) is 11.2. The van der Waals surface area contributed by atoms with Gasteiger partial charge in [-0.2, -0.15) is 0 Å². The Morgan fingerprint density at radius 1 is 1.20 bits per heavy atom. The molecule has 0 radical (unpaired) electrons. The Bertz CT molecular complexity index is 224. The van der Waals surface area contributed by atoms with E-state index in [-0.39, 0.29) is 0 Å². The van der Waals surface area contributed by atoms with Gasteiger partial charge in [-0.05, 0) is 60.7 Å². The van der Waals surface area contributed by atoms with E-state index in [1.807, 2.05) is 0 Å². The van der Waals surface area contributed by atoms with E-state index in [1.54, 1.807) is 0 Å². The fourth-order valence-electron chi connectivity index (χ4n) is 4.26. The lowest BCUT2D eigenvalue weighted by Gasteiger charge is -2.46. The van der Waals surface area contributed by atoms with Crippen LogP contribution in [0.5, 0.6) is 0 Å². The molecule has 15 heavy (non-hydrogen) atoms. The first-order valence-electron chi connectivity index (χ1n) is 6.91. The van der Waals surface area contributed by atoms with Gasteiger partial charge in [-0.3, -0.25) is 0 Å². The van der Waals surface area contributed by atoms with E-state index in [9.17, 15) is 0 Å². The molecule has 0 heteroatoms. The highest BCUT2D eigenvalue weighted by molar-refractivity contribution is 4.93. The van der Waals surface area contributed by atoms with Gasteiger partial charge in [0.05, 0.1) is 0 Å². The Morgan fingerprint density at radius 3 is 2.13 bits per heavy atom. The van der Waals surface area contributed by atoms with Crippen LogP contribution in [-0.2, 0) is 0 Å². The van der Waals surface area contributed by atoms with Crippen molar-refractivity contribution in [1.82, 2.24) is 0 Å². The zero-order chi connectivity index (χ0) is 11.2. The van der Waals surface area contributed by atoms with Crippen LogP contribution in [0.3, 0.4) is 0 Å². The first kappa shape index (κ1) is 11.5. The molecule has 0 N–H and O–H groups in total. The van der Waals surface area contributed by atoms with Gasteiger partial charge in [0.25, 0.3) is 0 Å². The summed E-state index contributed by atoms with van der Waals surface area (Å²) in [6.07, 6.45) is 5.93. The Hall–Kier alpha value is 0. The Labute approximate surface area is 95.8 Å². The van der Waals surface area contributed by atoms with Crippen LogP contribution in [0.25, 0.3) is 0 Å². The predicted molar refractivity (Wildman–Crippen MR) is 66.7 cm³/mol. The van der Waals surface area contributed by atoms with Crippen molar-refractivity contribution in [3.8, 4) is 0 Å². The standard InChI is InChI=1S/C15H28/c1-10-7-15(5,8-10)9-12(3)13(4)14-6-11(14)2/h10-14H,6-9H2,1-5H3. The van der Waals surface area contributed by atoms with Gasteiger partial charge in [-0.15, -0.1) is 0 Å². The maximum atomic E-state index is 2.51. The summed E-state index contributed by atoms with van der Waals surface area (Å²) in [7, 11) is 0. The zero-order valence-corrected chi connectivity index (χ0v) is 11.2. The fraction of sp³-hybridized carbons (Fsp3) is 1.00. The number of hydrogen-bond donors (Lipinski definition) is 0. The average molecular weight is 208 g/mol. The summed E-state index contributed by atoms with van der Waals surface area (Å²) >= 11 is 0. The summed E-state index contributed by atoms with van der Waals surface area (Å²) in [6.45, 7) is 12.3. The van der Waals surface area contributed by atoms with Crippen molar-refractivity contribution in [2.75, 3.05) is 0 Å². The van der Waals surface area contributed by atoms with Gasteiger partial charge in [0.2, 0.25) is 0 Å². The van der Waals surface area contributed by atoms with E-state index >= 15 is 0 Å². The quantitative estimate of drug-likeness (QED) is 0.626. The molecule has 0 bridgehead atoms. The van der Waals surface area contributed by atoms with Crippen molar-refractivity contribution in [2.24, 2.45) is 35.0 Å². The van der Waals surface area contributed by atoms with Crippen LogP contribution in [-0.4, -0.2) is 0 Å². The van der Waals surface area contributed by atoms with Crippen LogP contribution >= 0.6 is 0 Å². The second-order valence-corrected chi connectivity index (χ2v) is 7.24. The molecule has 0 saturated heterocycles. The summed E-state index contributed by atoms with van der Waals surface area (Å²) in [6, 6.07) is 0. The summed E-state index contributed by atoms with van der Waals surface area (Å²) in [4.78, 5) is 0. The second kappa shape index (κ2) is 3.79. The van der Waals surface area contributed by atoms with Gasteiger partial charge in [0.15, 0.2) is 0 Å². The Balaban J connectivity index is 1.79. The molecule has 0 aromatic rings. The molecule has 0 spiro atoms. The van der Waals surface area contributed by atoms with Gasteiger partial charge in [-0.1, -0.05) is 34.6 Å². The summed E-state index contributed by atoms with van der Waals surface area (Å²) in [5.41, 5.74) is 0.700. The molecule has 2 saturated carbocycles. The highest BCUT2D eigenvalue weighted by atomic mass is 14.5. The molecule has 0 heterocycles. The van der Waals surface area contributed by atoms with Crippen LogP contribution in [0.15, 0.2) is 0 Å². The molecule has 0 aliphatic heterocycles. The highest BCUT2D eigenvalue weighted by Crippen LogP contribution is 2.53. The molecule has 2 fully saturated rings. The van der Waals surface area contributed by atoms with Gasteiger partial charge in [-0.25, -0.2) is 0 Å². The van der Waals surface area contributed by atoms with Gasteiger partial charge in [0, 0.05) is 0 Å². The summed E-state index contributed by atoms with van der Waals surface area (Å²) < 4.78 is 0. The maximum absolute atomic E-state index is 2.51. The molecule has 2 aliphatic carbocycles. The number of hydrogen-bond acceptors (Lipinski definition) is 0. The monoisotopic (exact) mass is 208 g/mol. The predicted octanol–water partition coefficient (Wildman–Crippen LogP) is 4.74. The van der Waals surface area contributed by atoms with Crippen molar-refractivity contribution in [2.45, 2.75) is 60.3 Å². The topological polar surface area (TPSA) is 0 Å². The first-order valence-corrected chi connectivity index (χ1v) is 6.91. The highest BCUT2D eigenvalue weighted by Gasteiger charge is 2.43.